The Morgan fingerprint density at radius 1 is 1.15 bits per heavy atom. The number of hydrogen-bond acceptors (Lipinski definition) is 3. The summed E-state index contributed by atoms with van der Waals surface area (Å²) in [6.45, 7) is 0.809. The first-order valence-electron chi connectivity index (χ1n) is 6.80. The second-order valence-electron chi connectivity index (χ2n) is 5.12. The van der Waals surface area contributed by atoms with E-state index in [0.29, 0.717) is 6.04 Å². The van der Waals surface area contributed by atoms with Crippen molar-refractivity contribution in [1.82, 2.24) is 5.32 Å². The first-order valence-corrected chi connectivity index (χ1v) is 6.80. The van der Waals surface area contributed by atoms with E-state index < -0.39 is 0 Å². The van der Waals surface area contributed by atoms with Crippen molar-refractivity contribution >= 4 is 5.69 Å². The molecule has 0 saturated heterocycles. The molecule has 1 saturated carbocycles. The van der Waals surface area contributed by atoms with Crippen molar-refractivity contribution in [2.24, 2.45) is 0 Å². The third-order valence-corrected chi connectivity index (χ3v) is 3.54. The zero-order valence-corrected chi connectivity index (χ0v) is 11.1. The summed E-state index contributed by atoms with van der Waals surface area (Å²) in [6, 6.07) is 15.5. The topological polar surface area (TPSA) is 55.2 Å². The highest BCUT2D eigenvalue weighted by Crippen LogP contribution is 2.28. The lowest BCUT2D eigenvalue weighted by molar-refractivity contribution is -0.384. The van der Waals surface area contributed by atoms with E-state index in [-0.39, 0.29) is 10.6 Å². The van der Waals surface area contributed by atoms with Gasteiger partial charge < -0.3 is 5.32 Å². The minimum atomic E-state index is -0.353. The summed E-state index contributed by atoms with van der Waals surface area (Å²) in [5.74, 6) is 0. The zero-order valence-electron chi connectivity index (χ0n) is 11.1. The third-order valence-electron chi connectivity index (χ3n) is 3.54. The van der Waals surface area contributed by atoms with Gasteiger partial charge in [0.1, 0.15) is 0 Å². The maximum Gasteiger partial charge on any atom is 0.270 e. The van der Waals surface area contributed by atoms with Gasteiger partial charge >= 0.3 is 0 Å². The average molecular weight is 268 g/mol. The number of hydrogen-bond donors (Lipinski definition) is 1. The van der Waals surface area contributed by atoms with Crippen molar-refractivity contribution in [1.29, 1.82) is 0 Å². The standard InChI is InChI=1S/C16H16N2O2/c19-18(20)15-6-3-5-12(10-15)16-7-2-1-4-13(16)11-17-14-8-9-14/h1-7,10,14,17H,8-9,11H2. The average Bonchev–Trinajstić information content (AvgIpc) is 3.30. The lowest BCUT2D eigenvalue weighted by Gasteiger charge is -2.10. The van der Waals surface area contributed by atoms with Crippen LogP contribution in [0.15, 0.2) is 48.5 Å². The summed E-state index contributed by atoms with van der Waals surface area (Å²) in [5.41, 5.74) is 3.27. The Hall–Kier alpha value is -2.20. The molecule has 2 aromatic carbocycles. The van der Waals surface area contributed by atoms with Gasteiger partial charge in [-0.2, -0.15) is 0 Å². The highest BCUT2D eigenvalue weighted by Gasteiger charge is 2.20. The number of nitro groups is 1. The third kappa shape index (κ3) is 2.86. The predicted octanol–water partition coefficient (Wildman–Crippen LogP) is 3.51. The Balaban J connectivity index is 1.91. The predicted molar refractivity (Wildman–Crippen MR) is 78.4 cm³/mol. The van der Waals surface area contributed by atoms with Crippen LogP contribution in [-0.4, -0.2) is 11.0 Å². The second-order valence-corrected chi connectivity index (χ2v) is 5.12. The van der Waals surface area contributed by atoms with Gasteiger partial charge in [0.05, 0.1) is 4.92 Å². The van der Waals surface area contributed by atoms with Crippen molar-refractivity contribution in [3.05, 3.63) is 64.2 Å². The SMILES string of the molecule is O=[N+]([O-])c1cccc(-c2ccccc2CNC2CC2)c1. The molecule has 4 heteroatoms. The largest absolute Gasteiger partial charge is 0.310 e. The van der Waals surface area contributed by atoms with Crippen LogP contribution < -0.4 is 5.32 Å². The van der Waals surface area contributed by atoms with Gasteiger partial charge in [-0.25, -0.2) is 0 Å². The molecular weight excluding hydrogens is 252 g/mol. The molecule has 0 bridgehead atoms. The molecule has 0 aliphatic heterocycles. The van der Waals surface area contributed by atoms with Crippen LogP contribution in [0.1, 0.15) is 18.4 Å². The molecule has 102 valence electrons. The number of non-ortho nitro benzene ring substituents is 1. The van der Waals surface area contributed by atoms with Crippen LogP contribution in [0.2, 0.25) is 0 Å². The van der Waals surface area contributed by atoms with Gasteiger partial charge in [0, 0.05) is 24.7 Å². The summed E-state index contributed by atoms with van der Waals surface area (Å²) >= 11 is 0. The van der Waals surface area contributed by atoms with Gasteiger partial charge in [0.2, 0.25) is 0 Å². The van der Waals surface area contributed by atoms with Crippen LogP contribution in [0, 0.1) is 10.1 Å². The molecule has 20 heavy (non-hydrogen) atoms. The first-order chi connectivity index (χ1) is 9.74. The quantitative estimate of drug-likeness (QED) is 0.667. The fourth-order valence-electron chi connectivity index (χ4n) is 2.28. The molecule has 0 aromatic heterocycles. The van der Waals surface area contributed by atoms with Crippen LogP contribution in [-0.2, 0) is 6.54 Å². The minimum Gasteiger partial charge on any atom is -0.310 e. The van der Waals surface area contributed by atoms with Gasteiger partial charge in [-0.15, -0.1) is 0 Å². The molecule has 1 aliphatic rings. The number of benzene rings is 2. The van der Waals surface area contributed by atoms with Crippen LogP contribution in [0.25, 0.3) is 11.1 Å². The van der Waals surface area contributed by atoms with Gasteiger partial charge in [0.15, 0.2) is 0 Å². The molecule has 0 radical (unpaired) electrons. The maximum atomic E-state index is 10.9. The van der Waals surface area contributed by atoms with Crippen LogP contribution in [0.5, 0.6) is 0 Å². The van der Waals surface area contributed by atoms with E-state index in [2.05, 4.69) is 11.4 Å². The van der Waals surface area contributed by atoms with E-state index in [0.717, 1.165) is 17.7 Å². The molecule has 1 aliphatic carbocycles. The van der Waals surface area contributed by atoms with E-state index in [1.807, 2.05) is 24.3 Å². The van der Waals surface area contributed by atoms with Crippen molar-refractivity contribution < 1.29 is 4.92 Å². The van der Waals surface area contributed by atoms with E-state index in [1.165, 1.54) is 24.5 Å². The van der Waals surface area contributed by atoms with E-state index in [9.17, 15) is 10.1 Å². The van der Waals surface area contributed by atoms with Crippen molar-refractivity contribution in [3.8, 4) is 11.1 Å². The van der Waals surface area contributed by atoms with Crippen molar-refractivity contribution in [2.75, 3.05) is 0 Å². The summed E-state index contributed by atoms with van der Waals surface area (Å²) in [6.07, 6.45) is 2.50. The fraction of sp³-hybridized carbons (Fsp3) is 0.250. The summed E-state index contributed by atoms with van der Waals surface area (Å²) in [4.78, 5) is 10.5. The zero-order chi connectivity index (χ0) is 13.9. The minimum absolute atomic E-state index is 0.132. The van der Waals surface area contributed by atoms with Crippen LogP contribution >= 0.6 is 0 Å². The number of nitrogens with zero attached hydrogens (tertiary/aromatic N) is 1. The normalized spacial score (nSPS) is 14.2. The van der Waals surface area contributed by atoms with Crippen LogP contribution in [0.3, 0.4) is 0 Å². The Morgan fingerprint density at radius 3 is 2.70 bits per heavy atom. The van der Waals surface area contributed by atoms with Gasteiger partial charge in [-0.3, -0.25) is 10.1 Å². The van der Waals surface area contributed by atoms with Gasteiger partial charge in [-0.1, -0.05) is 36.4 Å². The summed E-state index contributed by atoms with van der Waals surface area (Å²) < 4.78 is 0. The lowest BCUT2D eigenvalue weighted by Crippen LogP contribution is -2.15. The first kappa shape index (κ1) is 12.8. The van der Waals surface area contributed by atoms with E-state index >= 15 is 0 Å². The molecule has 4 nitrogen and oxygen atoms in total. The molecular formula is C16H16N2O2. The summed E-state index contributed by atoms with van der Waals surface area (Å²) in [7, 11) is 0. The Kier molecular flexibility index (Phi) is 3.48. The number of rotatable bonds is 5. The molecule has 1 N–H and O–H groups in total. The Bertz CT molecular complexity index is 636. The highest BCUT2D eigenvalue weighted by atomic mass is 16.6. The fourth-order valence-corrected chi connectivity index (χ4v) is 2.28. The lowest BCUT2D eigenvalue weighted by atomic mass is 9.99. The Morgan fingerprint density at radius 2 is 1.95 bits per heavy atom. The molecule has 0 amide bonds. The van der Waals surface area contributed by atoms with Crippen molar-refractivity contribution in [2.45, 2.75) is 25.4 Å². The van der Waals surface area contributed by atoms with Crippen LogP contribution in [0.4, 0.5) is 5.69 Å². The molecule has 0 unspecified atom stereocenters. The smallest absolute Gasteiger partial charge is 0.270 e. The molecule has 0 heterocycles. The van der Waals surface area contributed by atoms with Gasteiger partial charge in [-0.05, 0) is 29.5 Å². The Labute approximate surface area is 117 Å². The monoisotopic (exact) mass is 268 g/mol. The molecule has 3 rings (SSSR count). The highest BCUT2D eigenvalue weighted by molar-refractivity contribution is 5.69. The number of nitro benzene ring substituents is 1. The van der Waals surface area contributed by atoms with Crippen molar-refractivity contribution in [3.63, 3.8) is 0 Å². The molecule has 0 atom stereocenters. The molecule has 0 spiro atoms. The second kappa shape index (κ2) is 5.43. The molecule has 1 fully saturated rings. The van der Waals surface area contributed by atoms with Gasteiger partial charge in [0.25, 0.3) is 5.69 Å². The van der Waals surface area contributed by atoms with E-state index in [4.69, 9.17) is 0 Å². The maximum absolute atomic E-state index is 10.9. The number of nitrogens with one attached hydrogen (secondary N) is 1. The van der Waals surface area contributed by atoms with E-state index in [1.54, 1.807) is 12.1 Å². The molecule has 2 aromatic rings. The summed E-state index contributed by atoms with van der Waals surface area (Å²) in [5, 5.41) is 14.4.